The van der Waals surface area contributed by atoms with E-state index in [1.165, 1.54) is 30.7 Å². The zero-order valence-corrected chi connectivity index (χ0v) is 18.2. The summed E-state index contributed by atoms with van der Waals surface area (Å²) in [4.78, 5) is -0.00307. The van der Waals surface area contributed by atoms with Crippen LogP contribution in [0, 0.1) is 5.82 Å². The fourth-order valence-corrected chi connectivity index (χ4v) is 4.50. The van der Waals surface area contributed by atoms with Crippen LogP contribution in [0.5, 0.6) is 11.5 Å². The van der Waals surface area contributed by atoms with Crippen LogP contribution >= 0.6 is 15.9 Å². The van der Waals surface area contributed by atoms with Crippen molar-refractivity contribution in [3.63, 3.8) is 0 Å². The number of hydrogen-bond acceptors (Lipinski definition) is 4. The fourth-order valence-electron chi connectivity index (χ4n) is 2.78. The lowest BCUT2D eigenvalue weighted by atomic mass is 10.2. The van der Waals surface area contributed by atoms with Gasteiger partial charge >= 0.3 is 0 Å². The van der Waals surface area contributed by atoms with E-state index in [2.05, 4.69) is 15.9 Å². The zero-order valence-electron chi connectivity index (χ0n) is 15.8. The summed E-state index contributed by atoms with van der Waals surface area (Å²) < 4.78 is 52.7. The van der Waals surface area contributed by atoms with Gasteiger partial charge in [-0.2, -0.15) is 0 Å². The van der Waals surface area contributed by atoms with E-state index in [9.17, 15) is 12.8 Å². The lowest BCUT2D eigenvalue weighted by Gasteiger charge is -2.25. The molecule has 0 aliphatic rings. The SMILES string of the molecule is COc1cc(CN(c2ccc(Br)cc2)S(=O)(=O)c2ccc(F)cc2)cc(OC)c1. The van der Waals surface area contributed by atoms with Gasteiger partial charge in [-0.3, -0.25) is 4.31 Å². The Bertz CT molecular complexity index is 1060. The van der Waals surface area contributed by atoms with Crippen LogP contribution in [0.2, 0.25) is 0 Å². The minimum atomic E-state index is -3.95. The normalized spacial score (nSPS) is 11.2. The van der Waals surface area contributed by atoms with Crippen molar-refractivity contribution in [2.75, 3.05) is 18.5 Å². The van der Waals surface area contributed by atoms with Crippen LogP contribution in [0.25, 0.3) is 0 Å². The molecule has 0 spiro atoms. The van der Waals surface area contributed by atoms with Crippen molar-refractivity contribution in [3.8, 4) is 11.5 Å². The van der Waals surface area contributed by atoms with Gasteiger partial charge in [-0.1, -0.05) is 15.9 Å². The molecule has 0 N–H and O–H groups in total. The third-order valence-electron chi connectivity index (χ3n) is 4.25. The predicted molar refractivity (Wildman–Crippen MR) is 113 cm³/mol. The molecule has 0 aliphatic carbocycles. The molecule has 0 saturated carbocycles. The molecule has 8 heteroatoms. The molecule has 0 atom stereocenters. The van der Waals surface area contributed by atoms with Crippen molar-refractivity contribution >= 4 is 31.6 Å². The molecule has 0 amide bonds. The molecule has 3 aromatic carbocycles. The number of sulfonamides is 1. The van der Waals surface area contributed by atoms with E-state index in [1.54, 1.807) is 42.5 Å². The van der Waals surface area contributed by atoms with Crippen LogP contribution < -0.4 is 13.8 Å². The Balaban J connectivity index is 2.09. The second-order valence-corrected chi connectivity index (χ2v) is 8.94. The number of halogens is 2. The molecule has 152 valence electrons. The summed E-state index contributed by atoms with van der Waals surface area (Å²) in [7, 11) is -0.895. The Kier molecular flexibility index (Phi) is 6.44. The quantitative estimate of drug-likeness (QED) is 0.478. The molecule has 0 fully saturated rings. The first-order valence-corrected chi connectivity index (χ1v) is 10.8. The topological polar surface area (TPSA) is 55.8 Å². The number of benzene rings is 3. The van der Waals surface area contributed by atoms with E-state index in [1.807, 2.05) is 0 Å². The second-order valence-electron chi connectivity index (χ2n) is 6.16. The molecule has 3 rings (SSSR count). The van der Waals surface area contributed by atoms with Crippen LogP contribution in [0.1, 0.15) is 5.56 Å². The molecular formula is C21H19BrFNO4S. The highest BCUT2D eigenvalue weighted by Crippen LogP contribution is 2.30. The maximum Gasteiger partial charge on any atom is 0.264 e. The Morgan fingerprint density at radius 2 is 1.45 bits per heavy atom. The summed E-state index contributed by atoms with van der Waals surface area (Å²) in [6, 6.07) is 16.9. The maximum absolute atomic E-state index is 13.4. The number of nitrogens with zero attached hydrogens (tertiary/aromatic N) is 1. The summed E-state index contributed by atoms with van der Waals surface area (Å²) in [6.07, 6.45) is 0. The molecular weight excluding hydrogens is 461 g/mol. The number of ether oxygens (including phenoxy) is 2. The lowest BCUT2D eigenvalue weighted by Crippen LogP contribution is -2.30. The standard InChI is InChI=1S/C21H19BrFNO4S/c1-27-19-11-15(12-20(13-19)28-2)14-24(18-7-3-16(22)4-8-18)29(25,26)21-9-5-17(23)6-10-21/h3-13H,14H2,1-2H3. The van der Waals surface area contributed by atoms with Crippen LogP contribution in [0.3, 0.4) is 0 Å². The first-order valence-electron chi connectivity index (χ1n) is 8.59. The van der Waals surface area contributed by atoms with Gasteiger partial charge in [0, 0.05) is 10.5 Å². The molecule has 0 aromatic heterocycles. The molecule has 5 nitrogen and oxygen atoms in total. The average molecular weight is 480 g/mol. The van der Waals surface area contributed by atoms with Crippen molar-refractivity contribution in [1.82, 2.24) is 0 Å². The van der Waals surface area contributed by atoms with Gasteiger partial charge in [0.2, 0.25) is 0 Å². The van der Waals surface area contributed by atoms with Crippen LogP contribution in [0.15, 0.2) is 76.1 Å². The third kappa shape index (κ3) is 4.89. The minimum Gasteiger partial charge on any atom is -0.497 e. The van der Waals surface area contributed by atoms with E-state index in [0.717, 1.165) is 16.6 Å². The summed E-state index contributed by atoms with van der Waals surface area (Å²) in [5.74, 6) is 0.597. The molecule has 0 heterocycles. The Labute approximate surface area is 177 Å². The van der Waals surface area contributed by atoms with Crippen molar-refractivity contribution in [2.45, 2.75) is 11.4 Å². The van der Waals surface area contributed by atoms with Gasteiger partial charge in [0.05, 0.1) is 31.3 Å². The monoisotopic (exact) mass is 479 g/mol. The molecule has 3 aromatic rings. The van der Waals surface area contributed by atoms with E-state index in [-0.39, 0.29) is 11.4 Å². The highest BCUT2D eigenvalue weighted by Gasteiger charge is 2.26. The first kappa shape index (κ1) is 21.1. The van der Waals surface area contributed by atoms with Crippen LogP contribution in [-0.2, 0) is 16.6 Å². The van der Waals surface area contributed by atoms with Gasteiger partial charge in [-0.05, 0) is 66.2 Å². The van der Waals surface area contributed by atoms with Crippen molar-refractivity contribution in [3.05, 3.63) is 82.6 Å². The summed E-state index contributed by atoms with van der Waals surface area (Å²) in [5, 5.41) is 0. The Morgan fingerprint density at radius 3 is 1.97 bits per heavy atom. The van der Waals surface area contributed by atoms with Gasteiger partial charge in [-0.15, -0.1) is 0 Å². The van der Waals surface area contributed by atoms with Gasteiger partial charge in [0.25, 0.3) is 10.0 Å². The minimum absolute atomic E-state index is 0.00307. The summed E-state index contributed by atoms with van der Waals surface area (Å²) in [5.41, 5.74) is 1.15. The van der Waals surface area contributed by atoms with Gasteiger partial charge in [0.1, 0.15) is 17.3 Å². The third-order valence-corrected chi connectivity index (χ3v) is 6.57. The molecule has 0 radical (unpaired) electrons. The second kappa shape index (κ2) is 8.84. The number of methoxy groups -OCH3 is 2. The smallest absolute Gasteiger partial charge is 0.264 e. The Morgan fingerprint density at radius 1 is 0.897 bits per heavy atom. The molecule has 0 aliphatic heterocycles. The van der Waals surface area contributed by atoms with E-state index >= 15 is 0 Å². The van der Waals surface area contributed by atoms with Gasteiger partial charge in [-0.25, -0.2) is 12.8 Å². The highest BCUT2D eigenvalue weighted by molar-refractivity contribution is 9.10. The van der Waals surface area contributed by atoms with E-state index < -0.39 is 15.8 Å². The number of rotatable bonds is 7. The van der Waals surface area contributed by atoms with E-state index in [4.69, 9.17) is 9.47 Å². The van der Waals surface area contributed by atoms with Crippen molar-refractivity contribution in [2.24, 2.45) is 0 Å². The molecule has 0 saturated heterocycles. The van der Waals surface area contributed by atoms with Gasteiger partial charge < -0.3 is 9.47 Å². The van der Waals surface area contributed by atoms with Crippen molar-refractivity contribution < 1.29 is 22.3 Å². The molecule has 0 bridgehead atoms. The first-order chi connectivity index (χ1) is 13.8. The summed E-state index contributed by atoms with van der Waals surface area (Å²) >= 11 is 3.36. The zero-order chi connectivity index (χ0) is 21.0. The van der Waals surface area contributed by atoms with Crippen molar-refractivity contribution in [1.29, 1.82) is 0 Å². The lowest BCUT2D eigenvalue weighted by molar-refractivity contribution is 0.393. The maximum atomic E-state index is 13.4. The van der Waals surface area contributed by atoms with Gasteiger partial charge in [0.15, 0.2) is 0 Å². The number of anilines is 1. The largest absolute Gasteiger partial charge is 0.497 e. The fraction of sp³-hybridized carbons (Fsp3) is 0.143. The Hall–Kier alpha value is -2.58. The van der Waals surface area contributed by atoms with Crippen LogP contribution in [-0.4, -0.2) is 22.6 Å². The molecule has 29 heavy (non-hydrogen) atoms. The highest BCUT2D eigenvalue weighted by atomic mass is 79.9. The summed E-state index contributed by atoms with van der Waals surface area (Å²) in [6.45, 7) is 0.0366. The van der Waals surface area contributed by atoms with Crippen LogP contribution in [0.4, 0.5) is 10.1 Å². The average Bonchev–Trinajstić information content (AvgIpc) is 2.72. The van der Waals surface area contributed by atoms with E-state index in [0.29, 0.717) is 22.7 Å². The number of hydrogen-bond donors (Lipinski definition) is 0. The molecule has 0 unspecified atom stereocenters. The predicted octanol–water partition coefficient (Wildman–Crippen LogP) is 5.00.